The van der Waals surface area contributed by atoms with Crippen molar-refractivity contribution in [3.05, 3.63) is 23.1 Å². The maximum atomic E-state index is 11.3. The van der Waals surface area contributed by atoms with Crippen molar-refractivity contribution in [3.8, 4) is 0 Å². The minimum atomic E-state index is -1.02. The Bertz CT molecular complexity index is 610. The monoisotopic (exact) mass is 265 g/mol. The van der Waals surface area contributed by atoms with Crippen molar-refractivity contribution in [2.24, 2.45) is 7.05 Å². The fourth-order valence-corrected chi connectivity index (χ4v) is 2.25. The lowest BCUT2D eigenvalue weighted by atomic mass is 10.1. The van der Waals surface area contributed by atoms with Crippen LogP contribution in [0.2, 0.25) is 0 Å². The smallest absolute Gasteiger partial charge is 0.338 e. The van der Waals surface area contributed by atoms with E-state index in [1.807, 2.05) is 0 Å². The lowest BCUT2D eigenvalue weighted by Crippen LogP contribution is -2.08. The Balaban J connectivity index is 2.48. The van der Waals surface area contributed by atoms with Crippen LogP contribution in [-0.4, -0.2) is 36.0 Å². The number of carboxylic acids is 1. The number of hydrogen-bond donors (Lipinski definition) is 1. The molecule has 0 fully saturated rings. The highest BCUT2D eigenvalue weighted by Gasteiger charge is 2.19. The molecule has 2 rings (SSSR count). The first-order chi connectivity index (χ1) is 8.50. The topological polar surface area (TPSA) is 93.8 Å². The van der Waals surface area contributed by atoms with E-state index in [4.69, 9.17) is 0 Å². The van der Waals surface area contributed by atoms with Gasteiger partial charge < -0.3 is 5.11 Å². The average molecular weight is 265 g/mol. The molecule has 0 aliphatic rings. The van der Waals surface area contributed by atoms with E-state index < -0.39 is 5.97 Å². The molecule has 0 spiro atoms. The van der Waals surface area contributed by atoms with Gasteiger partial charge in [0.05, 0.1) is 11.3 Å². The highest BCUT2D eigenvalue weighted by atomic mass is 32.2. The zero-order chi connectivity index (χ0) is 13.3. The van der Waals surface area contributed by atoms with Crippen LogP contribution in [0.5, 0.6) is 0 Å². The van der Waals surface area contributed by atoms with Gasteiger partial charge in [0.2, 0.25) is 0 Å². The maximum absolute atomic E-state index is 11.3. The van der Waals surface area contributed by atoms with E-state index in [0.717, 1.165) is 11.8 Å². The molecule has 0 atom stereocenters. The van der Waals surface area contributed by atoms with Crippen LogP contribution in [-0.2, 0) is 7.05 Å². The molecule has 2 heterocycles. The first-order valence-electron chi connectivity index (χ1n) is 5.09. The standard InChI is InChI=1S/C10H11N5O2S/c1-5-6(2)13-14-8(7(5)9(16)17)18-10-11-4-12-15(10)3/h4H,1-3H3,(H,16,17). The Morgan fingerprint density at radius 2 is 2.11 bits per heavy atom. The van der Waals surface area contributed by atoms with Crippen LogP contribution in [0.15, 0.2) is 16.5 Å². The highest BCUT2D eigenvalue weighted by molar-refractivity contribution is 7.99. The molecule has 94 valence electrons. The summed E-state index contributed by atoms with van der Waals surface area (Å²) in [5.41, 5.74) is 1.38. The Morgan fingerprint density at radius 3 is 2.67 bits per heavy atom. The predicted molar refractivity (Wildman–Crippen MR) is 63.6 cm³/mol. The van der Waals surface area contributed by atoms with Gasteiger partial charge in [-0.15, -0.1) is 5.10 Å². The summed E-state index contributed by atoms with van der Waals surface area (Å²) in [6.07, 6.45) is 1.40. The number of aryl methyl sites for hydroxylation is 2. The third kappa shape index (κ3) is 2.19. The number of rotatable bonds is 3. The first-order valence-corrected chi connectivity index (χ1v) is 5.91. The molecule has 2 aromatic heterocycles. The van der Waals surface area contributed by atoms with Crippen molar-refractivity contribution in [3.63, 3.8) is 0 Å². The third-order valence-corrected chi connectivity index (χ3v) is 3.53. The number of carbonyl (C=O) groups is 1. The summed E-state index contributed by atoms with van der Waals surface area (Å²) in [4.78, 5) is 15.3. The van der Waals surface area contributed by atoms with E-state index in [9.17, 15) is 9.90 Å². The van der Waals surface area contributed by atoms with E-state index in [2.05, 4.69) is 20.3 Å². The third-order valence-electron chi connectivity index (χ3n) is 2.49. The largest absolute Gasteiger partial charge is 0.478 e. The Hall–Kier alpha value is -1.96. The molecule has 0 bridgehead atoms. The molecule has 0 saturated carbocycles. The number of hydrogen-bond acceptors (Lipinski definition) is 6. The van der Waals surface area contributed by atoms with Gasteiger partial charge in [-0.25, -0.2) is 14.5 Å². The van der Waals surface area contributed by atoms with Crippen LogP contribution in [0.4, 0.5) is 0 Å². The first kappa shape index (κ1) is 12.5. The molecule has 0 saturated heterocycles. The normalized spacial score (nSPS) is 10.6. The maximum Gasteiger partial charge on any atom is 0.338 e. The van der Waals surface area contributed by atoms with Crippen molar-refractivity contribution in [1.29, 1.82) is 0 Å². The minimum absolute atomic E-state index is 0.163. The summed E-state index contributed by atoms with van der Waals surface area (Å²) in [6, 6.07) is 0. The molecule has 18 heavy (non-hydrogen) atoms. The van der Waals surface area contributed by atoms with Gasteiger partial charge in [-0.2, -0.15) is 10.2 Å². The molecule has 8 heteroatoms. The van der Waals surface area contributed by atoms with E-state index in [0.29, 0.717) is 21.4 Å². The highest BCUT2D eigenvalue weighted by Crippen LogP contribution is 2.28. The molecular formula is C10H11N5O2S. The van der Waals surface area contributed by atoms with Gasteiger partial charge in [-0.3, -0.25) is 0 Å². The van der Waals surface area contributed by atoms with Crippen molar-refractivity contribution in [2.45, 2.75) is 24.0 Å². The second kappa shape index (κ2) is 4.73. The molecule has 0 amide bonds. The number of aromatic nitrogens is 5. The van der Waals surface area contributed by atoms with Gasteiger partial charge >= 0.3 is 5.97 Å². The SMILES string of the molecule is Cc1nnc(Sc2ncnn2C)c(C(=O)O)c1C. The molecule has 7 nitrogen and oxygen atoms in total. The van der Waals surface area contributed by atoms with Crippen molar-refractivity contribution in [2.75, 3.05) is 0 Å². The summed E-state index contributed by atoms with van der Waals surface area (Å²) in [5.74, 6) is -1.02. The molecule has 0 aromatic carbocycles. The molecule has 0 unspecified atom stereocenters. The molecule has 0 radical (unpaired) electrons. The average Bonchev–Trinajstić information content (AvgIpc) is 2.69. The summed E-state index contributed by atoms with van der Waals surface area (Å²) in [5, 5.41) is 21.9. The van der Waals surface area contributed by atoms with Crippen LogP contribution in [0, 0.1) is 13.8 Å². The van der Waals surface area contributed by atoms with Crippen LogP contribution < -0.4 is 0 Å². The van der Waals surface area contributed by atoms with Crippen LogP contribution >= 0.6 is 11.8 Å². The van der Waals surface area contributed by atoms with Crippen molar-refractivity contribution in [1.82, 2.24) is 25.0 Å². The summed E-state index contributed by atoms with van der Waals surface area (Å²) in [6.45, 7) is 3.44. The van der Waals surface area contributed by atoms with Gasteiger partial charge in [0.15, 0.2) is 5.16 Å². The van der Waals surface area contributed by atoms with Gasteiger partial charge in [0.1, 0.15) is 11.4 Å². The van der Waals surface area contributed by atoms with Crippen molar-refractivity contribution < 1.29 is 9.90 Å². The summed E-state index contributed by atoms with van der Waals surface area (Å²) < 4.78 is 1.55. The minimum Gasteiger partial charge on any atom is -0.478 e. The Kier molecular flexibility index (Phi) is 3.28. The van der Waals surface area contributed by atoms with E-state index in [1.54, 1.807) is 25.6 Å². The number of aromatic carboxylic acids is 1. The van der Waals surface area contributed by atoms with Gasteiger partial charge in [-0.05, 0) is 31.2 Å². The summed E-state index contributed by atoms with van der Waals surface area (Å²) >= 11 is 1.13. The predicted octanol–water partition coefficient (Wildman–Crippen LogP) is 1.07. The van der Waals surface area contributed by atoms with E-state index in [-0.39, 0.29) is 5.56 Å². The van der Waals surface area contributed by atoms with Gasteiger partial charge in [0, 0.05) is 7.05 Å². The molecular weight excluding hydrogens is 254 g/mol. The van der Waals surface area contributed by atoms with Gasteiger partial charge in [-0.1, -0.05) is 0 Å². The van der Waals surface area contributed by atoms with Crippen LogP contribution in [0.3, 0.4) is 0 Å². The van der Waals surface area contributed by atoms with Crippen molar-refractivity contribution >= 4 is 17.7 Å². The molecule has 0 aliphatic carbocycles. The van der Waals surface area contributed by atoms with E-state index >= 15 is 0 Å². The lowest BCUT2D eigenvalue weighted by molar-refractivity contribution is 0.0690. The zero-order valence-corrected chi connectivity index (χ0v) is 10.9. The quantitative estimate of drug-likeness (QED) is 0.887. The fourth-order valence-electron chi connectivity index (χ4n) is 1.37. The second-order valence-electron chi connectivity index (χ2n) is 3.66. The van der Waals surface area contributed by atoms with Crippen LogP contribution in [0.1, 0.15) is 21.6 Å². The zero-order valence-electron chi connectivity index (χ0n) is 10.1. The molecule has 0 aliphatic heterocycles. The lowest BCUT2D eigenvalue weighted by Gasteiger charge is -2.07. The molecule has 2 aromatic rings. The second-order valence-corrected chi connectivity index (χ2v) is 4.62. The van der Waals surface area contributed by atoms with E-state index in [1.165, 1.54) is 6.33 Å². The summed E-state index contributed by atoms with van der Waals surface area (Å²) in [7, 11) is 1.73. The number of nitrogens with zero attached hydrogens (tertiary/aromatic N) is 5. The Labute approximate surface area is 107 Å². The number of carboxylic acid groups (broad SMARTS) is 1. The van der Waals surface area contributed by atoms with Crippen LogP contribution in [0.25, 0.3) is 0 Å². The Morgan fingerprint density at radius 1 is 1.39 bits per heavy atom. The fraction of sp³-hybridized carbons (Fsp3) is 0.300. The van der Waals surface area contributed by atoms with Gasteiger partial charge in [0.25, 0.3) is 0 Å². The molecule has 1 N–H and O–H groups in total.